The smallest absolute Gasteiger partial charge is 0.323 e. The number of aromatic nitrogens is 4. The van der Waals surface area contributed by atoms with Crippen LogP contribution in [0.5, 0.6) is 0 Å². The molecule has 10 heteroatoms. The van der Waals surface area contributed by atoms with E-state index in [0.717, 1.165) is 41.1 Å². The summed E-state index contributed by atoms with van der Waals surface area (Å²) < 4.78 is 27.5. The molecule has 0 bridgehead atoms. The lowest BCUT2D eigenvalue weighted by molar-refractivity contribution is 0.262. The fraction of sp³-hybridized carbons (Fsp3) is 0.259. The predicted octanol–water partition coefficient (Wildman–Crippen LogP) is 6.33. The molecular weight excluding hydrogens is 476 g/mol. The lowest BCUT2D eigenvalue weighted by Gasteiger charge is -2.33. The zero-order valence-electron chi connectivity index (χ0n) is 21.1. The van der Waals surface area contributed by atoms with Gasteiger partial charge in [-0.3, -0.25) is 0 Å². The fourth-order valence-electron chi connectivity index (χ4n) is 4.11. The lowest BCUT2D eigenvalue weighted by Crippen LogP contribution is -2.35. The number of urea groups is 1. The van der Waals surface area contributed by atoms with Gasteiger partial charge in [0.1, 0.15) is 11.6 Å². The van der Waals surface area contributed by atoms with E-state index in [4.69, 9.17) is 0 Å². The molecule has 0 saturated carbocycles. The van der Waals surface area contributed by atoms with Gasteiger partial charge in [-0.15, -0.1) is 10.2 Å². The Morgan fingerprint density at radius 3 is 2.32 bits per heavy atom. The van der Waals surface area contributed by atoms with Gasteiger partial charge < -0.3 is 15.5 Å². The van der Waals surface area contributed by atoms with Crippen LogP contribution in [0.25, 0.3) is 22.5 Å². The van der Waals surface area contributed by atoms with Gasteiger partial charge in [0, 0.05) is 24.2 Å². The van der Waals surface area contributed by atoms with Crippen molar-refractivity contribution in [3.8, 4) is 22.5 Å². The summed E-state index contributed by atoms with van der Waals surface area (Å²) in [5, 5.41) is 19.7. The van der Waals surface area contributed by atoms with Gasteiger partial charge in [-0.25, -0.2) is 13.6 Å². The summed E-state index contributed by atoms with van der Waals surface area (Å²) in [5.41, 5.74) is 3.68. The molecule has 1 heterocycles. The van der Waals surface area contributed by atoms with Gasteiger partial charge in [0.15, 0.2) is 0 Å². The van der Waals surface area contributed by atoms with Crippen LogP contribution in [0.1, 0.15) is 27.7 Å². The van der Waals surface area contributed by atoms with E-state index in [2.05, 4.69) is 63.9 Å². The number of amides is 2. The molecule has 0 aliphatic carbocycles. The average molecular weight is 506 g/mol. The zero-order valence-corrected chi connectivity index (χ0v) is 21.1. The van der Waals surface area contributed by atoms with E-state index in [1.807, 2.05) is 42.5 Å². The number of carbonyl (C=O) groups is 1. The molecule has 0 radical (unpaired) electrons. The Labute approximate surface area is 214 Å². The highest BCUT2D eigenvalue weighted by molar-refractivity contribution is 6.02. The van der Waals surface area contributed by atoms with Crippen LogP contribution in [-0.2, 0) is 0 Å². The standard InChI is InChI=1S/C27H29F2N7O/c1-16(2)15-36(17(3)4)25-12-9-18(20-7-5-6-8-21(20)26-32-34-35-33-26)13-24(25)31-27(37)30-23-11-10-19(28)14-22(23)29/h5-14,16-17H,15H2,1-4H3,(H2,30,31,37)(H,32,33,34,35). The Morgan fingerprint density at radius 2 is 1.68 bits per heavy atom. The molecule has 4 aromatic rings. The molecule has 3 aromatic carbocycles. The second-order valence-corrected chi connectivity index (χ2v) is 9.36. The molecule has 37 heavy (non-hydrogen) atoms. The molecule has 8 nitrogen and oxygen atoms in total. The van der Waals surface area contributed by atoms with Crippen molar-refractivity contribution in [3.63, 3.8) is 0 Å². The van der Waals surface area contributed by atoms with Gasteiger partial charge in [-0.2, -0.15) is 5.21 Å². The van der Waals surface area contributed by atoms with Crippen LogP contribution < -0.4 is 15.5 Å². The summed E-state index contributed by atoms with van der Waals surface area (Å²) in [7, 11) is 0. The quantitative estimate of drug-likeness (QED) is 0.260. The lowest BCUT2D eigenvalue weighted by atomic mass is 9.97. The van der Waals surface area contributed by atoms with Gasteiger partial charge in [0.05, 0.1) is 17.1 Å². The molecule has 0 atom stereocenters. The third-order valence-electron chi connectivity index (χ3n) is 5.74. The van der Waals surface area contributed by atoms with E-state index in [1.54, 1.807) is 0 Å². The van der Waals surface area contributed by atoms with Crippen molar-refractivity contribution in [2.45, 2.75) is 33.7 Å². The second-order valence-electron chi connectivity index (χ2n) is 9.36. The van der Waals surface area contributed by atoms with Crippen LogP contribution >= 0.6 is 0 Å². The van der Waals surface area contributed by atoms with Crippen molar-refractivity contribution in [1.82, 2.24) is 20.6 Å². The highest BCUT2D eigenvalue weighted by Gasteiger charge is 2.20. The number of nitrogens with zero attached hydrogens (tertiary/aromatic N) is 4. The Morgan fingerprint density at radius 1 is 0.946 bits per heavy atom. The molecule has 1 aromatic heterocycles. The van der Waals surface area contributed by atoms with Crippen LogP contribution in [0.4, 0.5) is 30.6 Å². The van der Waals surface area contributed by atoms with Crippen molar-refractivity contribution < 1.29 is 13.6 Å². The number of halogens is 2. The summed E-state index contributed by atoms with van der Waals surface area (Å²) in [5.74, 6) is -0.764. The molecular formula is C27H29F2N7O. The van der Waals surface area contributed by atoms with Gasteiger partial charge in [-0.1, -0.05) is 44.2 Å². The Hall–Kier alpha value is -4.34. The second kappa shape index (κ2) is 11.2. The molecule has 2 amide bonds. The highest BCUT2D eigenvalue weighted by Crippen LogP contribution is 2.36. The van der Waals surface area contributed by atoms with Crippen LogP contribution in [0.15, 0.2) is 60.7 Å². The number of anilines is 3. The molecule has 0 spiro atoms. The van der Waals surface area contributed by atoms with E-state index in [1.165, 1.54) is 6.07 Å². The minimum absolute atomic E-state index is 0.123. The third-order valence-corrected chi connectivity index (χ3v) is 5.74. The number of hydrogen-bond donors (Lipinski definition) is 3. The van der Waals surface area contributed by atoms with E-state index in [9.17, 15) is 13.6 Å². The average Bonchev–Trinajstić information content (AvgIpc) is 3.39. The van der Waals surface area contributed by atoms with Crippen LogP contribution in [0.2, 0.25) is 0 Å². The van der Waals surface area contributed by atoms with Crippen molar-refractivity contribution in [1.29, 1.82) is 0 Å². The van der Waals surface area contributed by atoms with Crippen LogP contribution in [0.3, 0.4) is 0 Å². The summed E-state index contributed by atoms with van der Waals surface area (Å²) in [6.45, 7) is 9.18. The molecule has 0 aliphatic heterocycles. The van der Waals surface area contributed by atoms with Crippen molar-refractivity contribution in [2.24, 2.45) is 5.92 Å². The number of rotatable bonds is 8. The summed E-state index contributed by atoms with van der Waals surface area (Å²) in [4.78, 5) is 15.2. The van der Waals surface area contributed by atoms with E-state index < -0.39 is 17.7 Å². The SMILES string of the molecule is CC(C)CN(c1ccc(-c2ccccc2-c2nn[nH]n2)cc1NC(=O)Nc1ccc(F)cc1F)C(C)C. The summed E-state index contributed by atoms with van der Waals surface area (Å²) >= 11 is 0. The topological polar surface area (TPSA) is 98.8 Å². The van der Waals surface area contributed by atoms with Gasteiger partial charge in [0.25, 0.3) is 0 Å². The molecule has 0 fully saturated rings. The number of nitrogens with one attached hydrogen (secondary N) is 3. The Balaban J connectivity index is 1.75. The van der Waals surface area contributed by atoms with Crippen molar-refractivity contribution in [2.75, 3.05) is 22.1 Å². The largest absolute Gasteiger partial charge is 0.367 e. The Bertz CT molecular complexity index is 1370. The highest BCUT2D eigenvalue weighted by atomic mass is 19.1. The minimum Gasteiger partial charge on any atom is -0.367 e. The van der Waals surface area contributed by atoms with Crippen molar-refractivity contribution in [3.05, 3.63) is 72.3 Å². The first-order valence-electron chi connectivity index (χ1n) is 12.0. The summed E-state index contributed by atoms with van der Waals surface area (Å²) in [6.07, 6.45) is 0. The van der Waals surface area contributed by atoms with Gasteiger partial charge in [-0.05, 0) is 60.4 Å². The number of aromatic amines is 1. The normalized spacial score (nSPS) is 11.1. The van der Waals surface area contributed by atoms with Gasteiger partial charge in [0.2, 0.25) is 5.82 Å². The molecule has 0 unspecified atom stereocenters. The van der Waals surface area contributed by atoms with Crippen LogP contribution in [0, 0.1) is 17.6 Å². The molecule has 0 saturated heterocycles. The number of H-pyrrole nitrogens is 1. The summed E-state index contributed by atoms with van der Waals surface area (Å²) in [6, 6.07) is 15.9. The number of tetrazole rings is 1. The molecule has 192 valence electrons. The molecule has 0 aliphatic rings. The Kier molecular flexibility index (Phi) is 7.76. The van der Waals surface area contributed by atoms with E-state index in [-0.39, 0.29) is 11.7 Å². The minimum atomic E-state index is -0.859. The molecule has 4 rings (SSSR count). The maximum Gasteiger partial charge on any atom is 0.323 e. The first-order chi connectivity index (χ1) is 17.7. The van der Waals surface area contributed by atoms with Crippen molar-refractivity contribution >= 4 is 23.1 Å². The predicted molar refractivity (Wildman–Crippen MR) is 141 cm³/mol. The first-order valence-corrected chi connectivity index (χ1v) is 12.0. The van der Waals surface area contributed by atoms with Gasteiger partial charge >= 0.3 is 6.03 Å². The third kappa shape index (κ3) is 6.08. The van der Waals surface area contributed by atoms with Crippen LogP contribution in [-0.4, -0.2) is 39.2 Å². The first kappa shape index (κ1) is 25.7. The fourth-order valence-corrected chi connectivity index (χ4v) is 4.11. The van der Waals surface area contributed by atoms with E-state index >= 15 is 0 Å². The monoisotopic (exact) mass is 505 g/mol. The zero-order chi connectivity index (χ0) is 26.5. The number of hydrogen-bond acceptors (Lipinski definition) is 5. The molecule has 3 N–H and O–H groups in total. The van der Waals surface area contributed by atoms with E-state index in [0.29, 0.717) is 17.4 Å². The maximum atomic E-state index is 14.2. The number of benzene rings is 3. The number of carbonyl (C=O) groups excluding carboxylic acids is 1. The maximum absolute atomic E-state index is 14.2.